The Hall–Kier alpha value is -9.56. The molecule has 26 heteroatoms. The summed E-state index contributed by atoms with van der Waals surface area (Å²) in [5.41, 5.74) is 10.9. The number of anilines is 3. The smallest absolute Gasteiger partial charge is 0.409 e. The number of carboxylic acid groups (broad SMARTS) is 1. The van der Waals surface area contributed by atoms with Gasteiger partial charge in [-0.2, -0.15) is 5.10 Å². The Morgan fingerprint density at radius 2 is 1.55 bits per heavy atom. The van der Waals surface area contributed by atoms with Crippen molar-refractivity contribution in [3.05, 3.63) is 131 Å². The standard InChI is InChI=1S/C72H87N13O12S/c1-44(2)60(80-57(86)19-8-7-11-30-84-58(87)26-27-59(84)88)64(91)77-54(17-13-29-74-66(73)94)63(90)76-48-22-20-46(21-23-48)36-96-68(95)82(6)32-33-97-72-40-69(4)37-70(5,41-72)39-71(38-69,42-72)43-85-45(3)51(34-75-85)49-24-25-56(79-61(49)65(92)93)83-31-28-47-14-12-15-50(52(47)35-83)62(89)81-67-78-53-16-9-10-18-55(53)98-67/h9-10,12,14-16,18,20-27,34,44,54,60H,7-8,11,13,17,19,28-33,35-43H2,1-6H3,(H,76,90)(H,77,91)(H,80,86)(H,92,93)(H3,73,74,94)(H,78,81,89)/t54-,60-,69?,70?,71?,72?/m0/s1. The Morgan fingerprint density at radius 1 is 0.806 bits per heavy atom. The normalized spacial score (nSPS) is 21.2. The van der Waals surface area contributed by atoms with Gasteiger partial charge in [0.05, 0.1) is 28.6 Å². The van der Waals surface area contributed by atoms with Gasteiger partial charge in [0, 0.05) is 93.0 Å². The summed E-state index contributed by atoms with van der Waals surface area (Å²) in [5.74, 6) is -3.44. The number of carboxylic acids is 1. The second-order valence-corrected chi connectivity index (χ2v) is 29.4. The maximum Gasteiger partial charge on any atom is 0.409 e. The Morgan fingerprint density at radius 3 is 2.27 bits per heavy atom. The van der Waals surface area contributed by atoms with Crippen molar-refractivity contribution in [3.8, 4) is 11.1 Å². The first kappa shape index (κ1) is 69.8. The number of ether oxygens (including phenoxy) is 2. The van der Waals surface area contributed by atoms with Crippen molar-refractivity contribution in [1.82, 2.24) is 45.5 Å². The fourth-order valence-electron chi connectivity index (χ4n) is 16.3. The Labute approximate surface area is 573 Å². The number of aromatic nitrogens is 4. The van der Waals surface area contributed by atoms with E-state index in [9.17, 15) is 48.3 Å². The minimum Gasteiger partial charge on any atom is -0.476 e. The molecule has 0 radical (unpaired) electrons. The van der Waals surface area contributed by atoms with Gasteiger partial charge >= 0.3 is 18.1 Å². The monoisotopic (exact) mass is 1360 g/mol. The number of carbonyl (C=O) groups excluding carboxylic acids is 8. The summed E-state index contributed by atoms with van der Waals surface area (Å²) in [4.78, 5) is 130. The second kappa shape index (κ2) is 29.3. The summed E-state index contributed by atoms with van der Waals surface area (Å²) < 4.78 is 15.7. The first-order chi connectivity index (χ1) is 46.8. The molecule has 25 nitrogen and oxygen atoms in total. The molecule has 4 fully saturated rings. The summed E-state index contributed by atoms with van der Waals surface area (Å²) in [6.45, 7) is 12.8. The number of benzene rings is 3. The first-order valence-electron chi connectivity index (χ1n) is 33.7. The highest BCUT2D eigenvalue weighted by atomic mass is 32.1. The molecule has 8 N–H and O–H groups in total. The molecule has 6 aromatic rings. The second-order valence-electron chi connectivity index (χ2n) is 28.4. The summed E-state index contributed by atoms with van der Waals surface area (Å²) in [7, 11) is 1.67. The van der Waals surface area contributed by atoms with Gasteiger partial charge in [0.1, 0.15) is 24.5 Å². The topological polar surface area (TPSA) is 332 Å². The zero-order valence-corrected chi connectivity index (χ0v) is 57.2. The van der Waals surface area contributed by atoms with E-state index >= 15 is 0 Å². The number of likely N-dealkylation sites (N-methyl/N-ethyl adjacent to an activating group) is 1. The van der Waals surface area contributed by atoms with E-state index in [4.69, 9.17) is 25.3 Å². The highest BCUT2D eigenvalue weighted by Crippen LogP contribution is 2.72. The highest BCUT2D eigenvalue weighted by Gasteiger charge is 2.66. The number of nitrogens with two attached hydrogens (primary N) is 1. The van der Waals surface area contributed by atoms with Crippen LogP contribution in [0.1, 0.15) is 148 Å². The lowest BCUT2D eigenvalue weighted by Crippen LogP contribution is -2.64. The Bertz CT molecular complexity index is 4020. The Kier molecular flexibility index (Phi) is 20.8. The van der Waals surface area contributed by atoms with E-state index in [0.29, 0.717) is 97.2 Å². The SMILES string of the molecule is Cc1c(-c2ccc(N3CCc4cccc(C(=O)Nc5nc6ccccc6s5)c4C3)nc2C(=O)O)cnn1CC12CC3(C)CC(C)(C1)CC(OCCN(C)C(=O)OCc1ccc(NC(=O)[C@H](CCCNC(N)=O)NC(=O)[C@@H](NC(=O)CCCCCN4C(=O)C=CC4=O)C(C)C)cc1)(C3)C2. The molecule has 4 atom stereocenters. The van der Waals surface area contributed by atoms with Crippen LogP contribution in [0.5, 0.6) is 0 Å². The van der Waals surface area contributed by atoms with Gasteiger partial charge in [-0.05, 0) is 159 Å². The average molecular weight is 1360 g/mol. The van der Waals surface area contributed by atoms with Gasteiger partial charge in [-0.15, -0.1) is 0 Å². The molecule has 0 saturated heterocycles. The van der Waals surface area contributed by atoms with Crippen molar-refractivity contribution in [3.63, 3.8) is 0 Å². The number of rotatable bonds is 29. The third kappa shape index (κ3) is 16.2. The van der Waals surface area contributed by atoms with Gasteiger partial charge in [0.25, 0.3) is 17.7 Å². The Balaban J connectivity index is 0.664. The lowest BCUT2D eigenvalue weighted by molar-refractivity contribution is -0.248. The summed E-state index contributed by atoms with van der Waals surface area (Å²) in [6.07, 6.45) is 12.1. The first-order valence-corrected chi connectivity index (χ1v) is 34.5. The molecule has 5 heterocycles. The molecule has 98 heavy (non-hydrogen) atoms. The molecule has 6 aliphatic rings. The van der Waals surface area contributed by atoms with E-state index in [1.807, 2.05) is 71.1 Å². The molecule has 3 aromatic heterocycles. The number of urea groups is 1. The van der Waals surface area contributed by atoms with Crippen LogP contribution >= 0.6 is 11.3 Å². The van der Waals surface area contributed by atoms with Crippen LogP contribution in [-0.4, -0.2) is 146 Å². The lowest BCUT2D eigenvalue weighted by atomic mass is 9.39. The van der Waals surface area contributed by atoms with E-state index in [2.05, 4.69) is 45.4 Å². The lowest BCUT2D eigenvalue weighted by Gasteiger charge is -2.69. The van der Waals surface area contributed by atoms with E-state index in [1.165, 1.54) is 28.4 Å². The zero-order valence-electron chi connectivity index (χ0n) is 56.4. The number of pyridine rings is 1. The van der Waals surface area contributed by atoms with Gasteiger partial charge in [0.15, 0.2) is 10.8 Å². The number of hydrogen-bond donors (Lipinski definition) is 7. The van der Waals surface area contributed by atoms with Gasteiger partial charge in [0.2, 0.25) is 17.7 Å². The zero-order chi connectivity index (χ0) is 69.7. The number of hydrogen-bond acceptors (Lipinski definition) is 16. The third-order valence-electron chi connectivity index (χ3n) is 19.8. The fraction of sp³-hybridized carbons (Fsp3) is 0.472. The number of aromatic carboxylic acids is 1. The molecule has 9 amide bonds. The van der Waals surface area contributed by atoms with Crippen LogP contribution in [0.3, 0.4) is 0 Å². The molecule has 4 saturated carbocycles. The molecule has 518 valence electrons. The predicted octanol–water partition coefficient (Wildman–Crippen LogP) is 9.28. The number of carbonyl (C=O) groups is 9. The molecular formula is C72H87N13O12S. The largest absolute Gasteiger partial charge is 0.476 e. The van der Waals surface area contributed by atoms with Crippen molar-refractivity contribution < 1.29 is 57.7 Å². The van der Waals surface area contributed by atoms with E-state index in [1.54, 1.807) is 51.4 Å². The van der Waals surface area contributed by atoms with Crippen molar-refractivity contribution in [1.29, 1.82) is 0 Å². The number of nitrogens with one attached hydrogen (secondary N) is 5. The molecule has 4 bridgehead atoms. The van der Waals surface area contributed by atoms with Crippen molar-refractivity contribution in [2.24, 2.45) is 27.9 Å². The van der Waals surface area contributed by atoms with Crippen LogP contribution in [0, 0.1) is 29.1 Å². The van der Waals surface area contributed by atoms with E-state index < -0.39 is 47.6 Å². The van der Waals surface area contributed by atoms with Crippen molar-refractivity contribution in [2.75, 3.05) is 55.4 Å². The average Bonchev–Trinajstić information content (AvgIpc) is 0.704. The number of amides is 9. The predicted molar refractivity (Wildman–Crippen MR) is 369 cm³/mol. The van der Waals surface area contributed by atoms with Crippen LogP contribution in [0.15, 0.2) is 97.2 Å². The quantitative estimate of drug-likeness (QED) is 0.0170. The van der Waals surface area contributed by atoms with Crippen molar-refractivity contribution in [2.45, 2.75) is 155 Å². The van der Waals surface area contributed by atoms with Crippen LogP contribution in [0.2, 0.25) is 0 Å². The summed E-state index contributed by atoms with van der Waals surface area (Å²) >= 11 is 1.42. The maximum atomic E-state index is 13.8. The molecule has 0 spiro atoms. The van der Waals surface area contributed by atoms with Crippen LogP contribution in [0.25, 0.3) is 21.3 Å². The maximum absolute atomic E-state index is 13.8. The minimum atomic E-state index is -1.15. The van der Waals surface area contributed by atoms with Gasteiger partial charge < -0.3 is 51.4 Å². The van der Waals surface area contributed by atoms with E-state index in [0.717, 1.165) is 70.5 Å². The summed E-state index contributed by atoms with van der Waals surface area (Å²) in [6, 6.07) is 21.1. The number of para-hydroxylation sites is 1. The number of nitrogens with zero attached hydrogens (tertiary/aromatic N) is 7. The third-order valence-corrected chi connectivity index (χ3v) is 20.7. The fourth-order valence-corrected chi connectivity index (χ4v) is 17.2. The van der Waals surface area contributed by atoms with E-state index in [-0.39, 0.29) is 90.6 Å². The molecule has 12 rings (SSSR count). The van der Waals surface area contributed by atoms with Gasteiger partial charge in [-0.25, -0.2) is 24.4 Å². The van der Waals surface area contributed by atoms with Gasteiger partial charge in [-0.1, -0.05) is 81.9 Å². The molecular weight excluding hydrogens is 1270 g/mol. The van der Waals surface area contributed by atoms with Crippen LogP contribution in [-0.2, 0) is 59.6 Å². The molecule has 2 unspecified atom stereocenters. The number of unbranched alkanes of at least 4 members (excludes halogenated alkanes) is 2. The summed E-state index contributed by atoms with van der Waals surface area (Å²) in [5, 5.41) is 30.1. The molecule has 2 aliphatic heterocycles. The minimum absolute atomic E-state index is 0.00780. The van der Waals surface area contributed by atoms with Crippen LogP contribution in [0.4, 0.5) is 26.2 Å². The number of imide groups is 1. The van der Waals surface area contributed by atoms with Crippen molar-refractivity contribution >= 4 is 91.7 Å². The van der Waals surface area contributed by atoms with Crippen LogP contribution < -0.4 is 37.2 Å². The number of primary amides is 1. The molecule has 4 aliphatic carbocycles. The number of fused-ring (bicyclic) bond motifs is 2. The highest BCUT2D eigenvalue weighted by molar-refractivity contribution is 7.22. The van der Waals surface area contributed by atoms with Gasteiger partial charge in [-0.3, -0.25) is 43.7 Å². The molecule has 3 aromatic carbocycles. The number of thiazole rings is 1.